The molecule has 3 rings (SSSR count). The first kappa shape index (κ1) is 16.1. The van der Waals surface area contributed by atoms with Gasteiger partial charge >= 0.3 is 0 Å². The van der Waals surface area contributed by atoms with Crippen molar-refractivity contribution in [1.82, 2.24) is 5.43 Å². The van der Waals surface area contributed by atoms with Crippen LogP contribution in [0.5, 0.6) is 5.75 Å². The van der Waals surface area contributed by atoms with Gasteiger partial charge in [-0.2, -0.15) is 5.10 Å². The minimum atomic E-state index is -0.248. The van der Waals surface area contributed by atoms with Crippen LogP contribution < -0.4 is 15.1 Å². The molecular weight excluding hydrogens is 302 g/mol. The predicted molar refractivity (Wildman–Crippen MR) is 95.9 cm³/mol. The lowest BCUT2D eigenvalue weighted by atomic mass is 10.2. The molecule has 2 aromatic rings. The maximum Gasteiger partial charge on any atom is 0.271 e. The fourth-order valence-electron chi connectivity index (χ4n) is 2.72. The van der Waals surface area contributed by atoms with Crippen molar-refractivity contribution in [3.8, 4) is 5.75 Å². The highest BCUT2D eigenvalue weighted by molar-refractivity contribution is 5.95. The van der Waals surface area contributed by atoms with E-state index in [-0.39, 0.29) is 5.91 Å². The Hall–Kier alpha value is -2.82. The summed E-state index contributed by atoms with van der Waals surface area (Å²) in [7, 11) is 1.59. The van der Waals surface area contributed by atoms with E-state index in [1.165, 1.54) is 18.5 Å². The highest BCUT2D eigenvalue weighted by atomic mass is 16.5. The van der Waals surface area contributed by atoms with Crippen molar-refractivity contribution in [3.05, 3.63) is 59.7 Å². The third kappa shape index (κ3) is 3.93. The Morgan fingerprint density at radius 3 is 2.38 bits per heavy atom. The normalized spacial score (nSPS) is 14.1. The number of rotatable bonds is 5. The van der Waals surface area contributed by atoms with Gasteiger partial charge in [-0.05, 0) is 54.8 Å². The zero-order valence-corrected chi connectivity index (χ0v) is 13.7. The van der Waals surface area contributed by atoms with E-state index in [4.69, 9.17) is 4.74 Å². The monoisotopic (exact) mass is 323 g/mol. The van der Waals surface area contributed by atoms with E-state index in [0.717, 1.165) is 18.7 Å². The van der Waals surface area contributed by atoms with Gasteiger partial charge < -0.3 is 9.64 Å². The molecule has 0 bridgehead atoms. The molecule has 1 fully saturated rings. The molecule has 1 amide bonds. The van der Waals surface area contributed by atoms with E-state index in [9.17, 15) is 4.79 Å². The molecular formula is C19H21N3O2. The zero-order chi connectivity index (χ0) is 16.8. The molecule has 0 spiro atoms. The molecule has 24 heavy (non-hydrogen) atoms. The Kier molecular flexibility index (Phi) is 5.11. The number of carbonyl (C=O) groups is 1. The Labute approximate surface area is 141 Å². The van der Waals surface area contributed by atoms with Crippen molar-refractivity contribution in [2.24, 2.45) is 5.10 Å². The van der Waals surface area contributed by atoms with Gasteiger partial charge in [-0.1, -0.05) is 12.1 Å². The number of ether oxygens (including phenoxy) is 1. The summed E-state index contributed by atoms with van der Waals surface area (Å²) in [6, 6.07) is 15.1. The van der Waals surface area contributed by atoms with Crippen LogP contribution in [-0.2, 0) is 0 Å². The minimum Gasteiger partial charge on any atom is -0.497 e. The lowest BCUT2D eigenvalue weighted by Gasteiger charge is -2.17. The van der Waals surface area contributed by atoms with E-state index in [1.807, 2.05) is 12.1 Å². The molecule has 1 saturated heterocycles. The standard InChI is InChI=1S/C19H21N3O2/c1-24-18-10-6-16(7-11-18)19(23)21-20-14-15-4-8-17(9-5-15)22-12-2-3-13-22/h4-11,14H,2-3,12-13H2,1H3,(H,21,23)/b20-14+. The van der Waals surface area contributed by atoms with Crippen LogP contribution in [0.25, 0.3) is 0 Å². The van der Waals surface area contributed by atoms with Gasteiger partial charge in [0.05, 0.1) is 13.3 Å². The van der Waals surface area contributed by atoms with E-state index >= 15 is 0 Å². The predicted octanol–water partition coefficient (Wildman–Crippen LogP) is 3.06. The molecule has 2 aromatic carbocycles. The van der Waals surface area contributed by atoms with Gasteiger partial charge in [0.25, 0.3) is 5.91 Å². The summed E-state index contributed by atoms with van der Waals surface area (Å²) in [6.07, 6.45) is 4.18. The zero-order valence-electron chi connectivity index (χ0n) is 13.7. The van der Waals surface area contributed by atoms with Crippen LogP contribution in [0, 0.1) is 0 Å². The Balaban J connectivity index is 1.56. The molecule has 0 aliphatic carbocycles. The molecule has 0 unspecified atom stereocenters. The summed E-state index contributed by atoms with van der Waals surface area (Å²) < 4.78 is 5.07. The van der Waals surface area contributed by atoms with Gasteiger partial charge in [0.1, 0.15) is 5.75 Å². The van der Waals surface area contributed by atoms with Crippen LogP contribution in [0.4, 0.5) is 5.69 Å². The quantitative estimate of drug-likeness (QED) is 0.679. The van der Waals surface area contributed by atoms with Crippen molar-refractivity contribution in [2.45, 2.75) is 12.8 Å². The number of hydrogen-bond acceptors (Lipinski definition) is 4. The lowest BCUT2D eigenvalue weighted by molar-refractivity contribution is 0.0955. The number of carbonyl (C=O) groups excluding carboxylic acids is 1. The van der Waals surface area contributed by atoms with Crippen LogP contribution in [-0.4, -0.2) is 32.3 Å². The topological polar surface area (TPSA) is 53.9 Å². The fraction of sp³-hybridized carbons (Fsp3) is 0.263. The summed E-state index contributed by atoms with van der Waals surface area (Å²) in [4.78, 5) is 14.4. The van der Waals surface area contributed by atoms with Gasteiger partial charge in [0.15, 0.2) is 0 Å². The van der Waals surface area contributed by atoms with Crippen LogP contribution >= 0.6 is 0 Å². The van der Waals surface area contributed by atoms with Gasteiger partial charge in [0.2, 0.25) is 0 Å². The minimum absolute atomic E-state index is 0.248. The maximum absolute atomic E-state index is 12.0. The Morgan fingerprint density at radius 1 is 1.08 bits per heavy atom. The van der Waals surface area contributed by atoms with Crippen molar-refractivity contribution in [2.75, 3.05) is 25.1 Å². The van der Waals surface area contributed by atoms with Gasteiger partial charge in [0, 0.05) is 24.3 Å². The molecule has 1 aliphatic rings. The van der Waals surface area contributed by atoms with Gasteiger partial charge in [-0.3, -0.25) is 4.79 Å². The maximum atomic E-state index is 12.0. The van der Waals surface area contributed by atoms with Crippen molar-refractivity contribution in [3.63, 3.8) is 0 Å². The smallest absolute Gasteiger partial charge is 0.271 e. The third-order valence-electron chi connectivity index (χ3n) is 4.10. The van der Waals surface area contributed by atoms with Gasteiger partial charge in [-0.25, -0.2) is 5.43 Å². The number of nitrogens with zero attached hydrogens (tertiary/aromatic N) is 2. The molecule has 0 radical (unpaired) electrons. The molecule has 1 N–H and O–H groups in total. The third-order valence-corrected chi connectivity index (χ3v) is 4.10. The largest absolute Gasteiger partial charge is 0.497 e. The summed E-state index contributed by atoms with van der Waals surface area (Å²) >= 11 is 0. The Morgan fingerprint density at radius 2 is 1.75 bits per heavy atom. The lowest BCUT2D eigenvalue weighted by Crippen LogP contribution is -2.18. The molecule has 0 saturated carbocycles. The van der Waals surface area contributed by atoms with Crippen LogP contribution in [0.15, 0.2) is 53.6 Å². The van der Waals surface area contributed by atoms with E-state index in [0.29, 0.717) is 11.3 Å². The number of amides is 1. The number of hydrazone groups is 1. The molecule has 5 nitrogen and oxygen atoms in total. The van der Waals surface area contributed by atoms with Gasteiger partial charge in [-0.15, -0.1) is 0 Å². The van der Waals surface area contributed by atoms with Crippen LogP contribution in [0.2, 0.25) is 0 Å². The summed E-state index contributed by atoms with van der Waals surface area (Å²) in [5.41, 5.74) is 5.27. The van der Waals surface area contributed by atoms with E-state index < -0.39 is 0 Å². The van der Waals surface area contributed by atoms with Crippen molar-refractivity contribution >= 4 is 17.8 Å². The summed E-state index contributed by atoms with van der Waals surface area (Å²) in [5, 5.41) is 4.02. The fourth-order valence-corrected chi connectivity index (χ4v) is 2.72. The average molecular weight is 323 g/mol. The second-order valence-electron chi connectivity index (χ2n) is 5.71. The number of nitrogens with one attached hydrogen (secondary N) is 1. The van der Waals surface area contributed by atoms with Crippen LogP contribution in [0.1, 0.15) is 28.8 Å². The first-order chi connectivity index (χ1) is 11.8. The van der Waals surface area contributed by atoms with E-state index in [1.54, 1.807) is 37.6 Å². The molecule has 0 atom stereocenters. The number of methoxy groups -OCH3 is 1. The summed E-state index contributed by atoms with van der Waals surface area (Å²) in [5.74, 6) is 0.468. The van der Waals surface area contributed by atoms with Crippen LogP contribution in [0.3, 0.4) is 0 Å². The Bertz CT molecular complexity index is 702. The second-order valence-corrected chi connectivity index (χ2v) is 5.71. The van der Waals surface area contributed by atoms with Crippen molar-refractivity contribution in [1.29, 1.82) is 0 Å². The van der Waals surface area contributed by atoms with Crippen molar-refractivity contribution < 1.29 is 9.53 Å². The number of benzene rings is 2. The summed E-state index contributed by atoms with van der Waals surface area (Å²) in [6.45, 7) is 2.26. The first-order valence-corrected chi connectivity index (χ1v) is 8.09. The molecule has 124 valence electrons. The molecule has 5 heteroatoms. The second kappa shape index (κ2) is 7.64. The molecule has 1 heterocycles. The molecule has 1 aliphatic heterocycles. The first-order valence-electron chi connectivity index (χ1n) is 8.09. The number of anilines is 1. The highest BCUT2D eigenvalue weighted by Gasteiger charge is 2.11. The highest BCUT2D eigenvalue weighted by Crippen LogP contribution is 2.19. The average Bonchev–Trinajstić information content (AvgIpc) is 3.17. The number of hydrogen-bond donors (Lipinski definition) is 1. The van der Waals surface area contributed by atoms with E-state index in [2.05, 4.69) is 27.6 Å². The molecule has 0 aromatic heterocycles. The SMILES string of the molecule is COc1ccc(C(=O)N/N=C/c2ccc(N3CCCC3)cc2)cc1.